The standard InChI is InChI=1S/C20H20FN3O3/c21-16-9-17(22-10-16)18-12-26-19(23-18)15-7-4-8-24(11-15)20(27-13-25)14-5-2-1-3-6-14/h1-3,5-6,9-10,12-13,15,20,22H,4,7-8,11H2. The summed E-state index contributed by atoms with van der Waals surface area (Å²) in [6.45, 7) is 1.97. The third-order valence-electron chi connectivity index (χ3n) is 4.85. The minimum atomic E-state index is -0.432. The summed E-state index contributed by atoms with van der Waals surface area (Å²) in [5, 5.41) is 0. The first-order valence-corrected chi connectivity index (χ1v) is 8.92. The Morgan fingerprint density at radius 3 is 2.96 bits per heavy atom. The van der Waals surface area contributed by atoms with Crippen LogP contribution >= 0.6 is 0 Å². The first kappa shape index (κ1) is 17.5. The number of H-pyrrole nitrogens is 1. The maximum Gasteiger partial charge on any atom is 0.294 e. The summed E-state index contributed by atoms with van der Waals surface area (Å²) < 4.78 is 24.3. The third kappa shape index (κ3) is 3.78. The van der Waals surface area contributed by atoms with Crippen molar-refractivity contribution in [3.05, 3.63) is 66.1 Å². The average Bonchev–Trinajstić information content (AvgIpc) is 3.36. The number of aromatic nitrogens is 2. The van der Waals surface area contributed by atoms with Gasteiger partial charge in [0.1, 0.15) is 17.8 Å². The van der Waals surface area contributed by atoms with Gasteiger partial charge in [-0.05, 0) is 12.8 Å². The molecule has 1 saturated heterocycles. The summed E-state index contributed by atoms with van der Waals surface area (Å²) >= 11 is 0. The van der Waals surface area contributed by atoms with Crippen LogP contribution in [0.1, 0.15) is 36.4 Å². The Hall–Kier alpha value is -2.93. The van der Waals surface area contributed by atoms with Crippen molar-refractivity contribution >= 4 is 6.47 Å². The number of oxazole rings is 1. The molecule has 2 unspecified atom stereocenters. The van der Waals surface area contributed by atoms with Crippen LogP contribution in [0.25, 0.3) is 11.4 Å². The fraction of sp³-hybridized carbons (Fsp3) is 0.300. The maximum absolute atomic E-state index is 13.2. The van der Waals surface area contributed by atoms with Gasteiger partial charge in [0.25, 0.3) is 6.47 Å². The molecule has 7 heteroatoms. The quantitative estimate of drug-likeness (QED) is 0.668. The van der Waals surface area contributed by atoms with Gasteiger partial charge in [-0.25, -0.2) is 9.37 Å². The van der Waals surface area contributed by atoms with Crippen molar-refractivity contribution in [3.8, 4) is 11.4 Å². The highest BCUT2D eigenvalue weighted by atomic mass is 19.1. The predicted octanol–water partition coefficient (Wildman–Crippen LogP) is 3.86. The number of hydrogen-bond acceptors (Lipinski definition) is 5. The molecule has 0 spiro atoms. The summed E-state index contributed by atoms with van der Waals surface area (Å²) in [7, 11) is 0. The van der Waals surface area contributed by atoms with Gasteiger partial charge in [0.2, 0.25) is 0 Å². The van der Waals surface area contributed by atoms with Gasteiger partial charge in [0.15, 0.2) is 12.1 Å². The molecule has 1 N–H and O–H groups in total. The van der Waals surface area contributed by atoms with E-state index in [-0.39, 0.29) is 11.7 Å². The van der Waals surface area contributed by atoms with Gasteiger partial charge >= 0.3 is 0 Å². The van der Waals surface area contributed by atoms with Gasteiger partial charge in [0, 0.05) is 36.8 Å². The number of hydrogen-bond donors (Lipinski definition) is 1. The largest absolute Gasteiger partial charge is 0.448 e. The van der Waals surface area contributed by atoms with Crippen molar-refractivity contribution in [2.45, 2.75) is 25.0 Å². The second-order valence-electron chi connectivity index (χ2n) is 6.63. The molecule has 1 aliphatic rings. The van der Waals surface area contributed by atoms with Gasteiger partial charge in [-0.1, -0.05) is 30.3 Å². The Bertz CT molecular complexity index is 893. The molecule has 0 amide bonds. The average molecular weight is 369 g/mol. The van der Waals surface area contributed by atoms with E-state index in [2.05, 4.69) is 14.9 Å². The summed E-state index contributed by atoms with van der Waals surface area (Å²) in [6.07, 6.45) is 4.26. The zero-order valence-corrected chi connectivity index (χ0v) is 14.7. The van der Waals surface area contributed by atoms with E-state index in [9.17, 15) is 9.18 Å². The lowest BCUT2D eigenvalue weighted by atomic mass is 9.97. The first-order chi connectivity index (χ1) is 13.2. The molecule has 4 rings (SSSR count). The molecule has 2 aromatic heterocycles. The maximum atomic E-state index is 13.2. The third-order valence-corrected chi connectivity index (χ3v) is 4.85. The molecular weight excluding hydrogens is 349 g/mol. The molecule has 27 heavy (non-hydrogen) atoms. The number of aromatic amines is 1. The topological polar surface area (TPSA) is 71.4 Å². The van der Waals surface area contributed by atoms with Crippen molar-refractivity contribution in [2.24, 2.45) is 0 Å². The predicted molar refractivity (Wildman–Crippen MR) is 96.1 cm³/mol. The van der Waals surface area contributed by atoms with Gasteiger partial charge in [0.05, 0.1) is 5.69 Å². The smallest absolute Gasteiger partial charge is 0.294 e. The van der Waals surface area contributed by atoms with Gasteiger partial charge in [-0.3, -0.25) is 9.69 Å². The molecular formula is C20H20FN3O3. The minimum Gasteiger partial charge on any atom is -0.448 e. The number of rotatable bonds is 6. The van der Waals surface area contributed by atoms with Crippen molar-refractivity contribution in [1.82, 2.24) is 14.9 Å². The number of carbonyl (C=O) groups excluding carboxylic acids is 1. The van der Waals surface area contributed by atoms with E-state index < -0.39 is 6.23 Å². The van der Waals surface area contributed by atoms with E-state index in [1.165, 1.54) is 18.5 Å². The zero-order chi connectivity index (χ0) is 18.6. The monoisotopic (exact) mass is 369 g/mol. The molecule has 140 valence electrons. The second kappa shape index (κ2) is 7.75. The van der Waals surface area contributed by atoms with Crippen LogP contribution in [0.3, 0.4) is 0 Å². The Balaban J connectivity index is 1.52. The summed E-state index contributed by atoms with van der Waals surface area (Å²) in [5.41, 5.74) is 2.09. The molecule has 1 aliphatic heterocycles. The van der Waals surface area contributed by atoms with Gasteiger partial charge in [-0.2, -0.15) is 0 Å². The van der Waals surface area contributed by atoms with Crippen molar-refractivity contribution in [1.29, 1.82) is 0 Å². The lowest BCUT2D eigenvalue weighted by molar-refractivity contribution is -0.145. The molecule has 1 aromatic carbocycles. The Morgan fingerprint density at radius 1 is 1.37 bits per heavy atom. The van der Waals surface area contributed by atoms with E-state index in [0.29, 0.717) is 30.3 Å². The molecule has 3 aromatic rings. The van der Waals surface area contributed by atoms with Gasteiger partial charge < -0.3 is 14.1 Å². The van der Waals surface area contributed by atoms with E-state index in [4.69, 9.17) is 9.15 Å². The minimum absolute atomic E-state index is 0.0776. The van der Waals surface area contributed by atoms with Crippen LogP contribution < -0.4 is 0 Å². The summed E-state index contributed by atoms with van der Waals surface area (Å²) in [4.78, 5) is 20.5. The Kier molecular flexibility index (Phi) is 5.02. The molecule has 0 saturated carbocycles. The van der Waals surface area contributed by atoms with Gasteiger partial charge in [-0.15, -0.1) is 0 Å². The molecule has 1 fully saturated rings. The highest BCUT2D eigenvalue weighted by Gasteiger charge is 2.31. The van der Waals surface area contributed by atoms with Crippen LogP contribution in [0, 0.1) is 5.82 Å². The molecule has 3 heterocycles. The van der Waals surface area contributed by atoms with E-state index in [1.807, 2.05) is 30.3 Å². The number of nitrogens with zero attached hydrogens (tertiary/aromatic N) is 2. The number of likely N-dealkylation sites (tertiary alicyclic amines) is 1. The van der Waals surface area contributed by atoms with E-state index in [0.717, 1.165) is 24.9 Å². The van der Waals surface area contributed by atoms with Crippen molar-refractivity contribution < 1.29 is 18.3 Å². The van der Waals surface area contributed by atoms with Crippen molar-refractivity contribution in [3.63, 3.8) is 0 Å². The lowest BCUT2D eigenvalue weighted by Gasteiger charge is -2.36. The summed E-state index contributed by atoms with van der Waals surface area (Å²) in [5.74, 6) is 0.353. The highest BCUT2D eigenvalue weighted by Crippen LogP contribution is 2.33. The lowest BCUT2D eigenvalue weighted by Crippen LogP contribution is -2.38. The molecule has 0 aliphatic carbocycles. The molecule has 0 radical (unpaired) electrons. The van der Waals surface area contributed by atoms with Crippen molar-refractivity contribution in [2.75, 3.05) is 13.1 Å². The fourth-order valence-electron chi connectivity index (χ4n) is 3.58. The number of carbonyl (C=O) groups is 1. The summed E-state index contributed by atoms with van der Waals surface area (Å²) in [6, 6.07) is 11.1. The molecule has 6 nitrogen and oxygen atoms in total. The van der Waals surface area contributed by atoms with Crippen LogP contribution in [-0.2, 0) is 9.53 Å². The molecule has 0 bridgehead atoms. The van der Waals surface area contributed by atoms with Crippen LogP contribution in [0.15, 0.2) is 53.3 Å². The number of benzene rings is 1. The first-order valence-electron chi connectivity index (χ1n) is 8.92. The Morgan fingerprint density at radius 2 is 2.22 bits per heavy atom. The van der Waals surface area contributed by atoms with Crippen LogP contribution in [0.5, 0.6) is 0 Å². The van der Waals surface area contributed by atoms with Crippen LogP contribution in [0.4, 0.5) is 4.39 Å². The van der Waals surface area contributed by atoms with E-state index >= 15 is 0 Å². The number of nitrogens with one attached hydrogen (secondary N) is 1. The Labute approximate surface area is 156 Å². The zero-order valence-electron chi connectivity index (χ0n) is 14.7. The van der Waals surface area contributed by atoms with Crippen LogP contribution in [-0.4, -0.2) is 34.4 Å². The van der Waals surface area contributed by atoms with E-state index in [1.54, 1.807) is 0 Å². The molecule has 2 atom stereocenters. The second-order valence-corrected chi connectivity index (χ2v) is 6.63. The normalized spacial score (nSPS) is 18.9. The number of ether oxygens (including phenoxy) is 1. The highest BCUT2D eigenvalue weighted by molar-refractivity contribution is 5.52. The number of piperidine rings is 1. The SMILES string of the molecule is O=COC(c1ccccc1)N1CCCC(c2nc(-c3cc(F)c[nH]3)co2)C1. The van der Waals surface area contributed by atoms with Crippen LogP contribution in [0.2, 0.25) is 0 Å². The fourth-order valence-corrected chi connectivity index (χ4v) is 3.58. The number of halogens is 1.